The van der Waals surface area contributed by atoms with Crippen molar-refractivity contribution in [2.45, 2.75) is 12.5 Å². The van der Waals surface area contributed by atoms with Gasteiger partial charge in [0.1, 0.15) is 22.6 Å². The van der Waals surface area contributed by atoms with Gasteiger partial charge in [-0.05, 0) is 12.1 Å². The summed E-state index contributed by atoms with van der Waals surface area (Å²) in [6, 6.07) is 4.56. The maximum Gasteiger partial charge on any atom is 0.222 e. The van der Waals surface area contributed by atoms with Gasteiger partial charge in [0.15, 0.2) is 11.6 Å². The minimum atomic E-state index is -0.482. The molecule has 1 aliphatic rings. The van der Waals surface area contributed by atoms with Crippen molar-refractivity contribution in [1.82, 2.24) is 9.97 Å². The van der Waals surface area contributed by atoms with Crippen molar-refractivity contribution in [2.75, 3.05) is 24.3 Å². The molecule has 2 heterocycles. The van der Waals surface area contributed by atoms with E-state index in [1.165, 1.54) is 12.3 Å². The van der Waals surface area contributed by atoms with Gasteiger partial charge in [-0.25, -0.2) is 9.37 Å². The van der Waals surface area contributed by atoms with E-state index in [-0.39, 0.29) is 28.6 Å². The van der Waals surface area contributed by atoms with Crippen LogP contribution in [0.3, 0.4) is 0 Å². The largest absolute Gasteiger partial charge is 0.486 e. The number of nitrogen functional groups attached to an aromatic ring is 1. The van der Waals surface area contributed by atoms with Crippen LogP contribution >= 0.6 is 11.6 Å². The Labute approximate surface area is 131 Å². The van der Waals surface area contributed by atoms with E-state index in [1.54, 1.807) is 12.1 Å². The predicted molar refractivity (Wildman–Crippen MR) is 81.0 cm³/mol. The zero-order chi connectivity index (χ0) is 15.5. The molecule has 8 heteroatoms. The summed E-state index contributed by atoms with van der Waals surface area (Å²) in [7, 11) is 0. The molecule has 1 atom stereocenters. The lowest BCUT2D eigenvalue weighted by molar-refractivity contribution is 0.141. The van der Waals surface area contributed by atoms with Crippen molar-refractivity contribution >= 4 is 29.1 Å². The smallest absolute Gasteiger partial charge is 0.222 e. The molecule has 2 aromatic rings. The van der Waals surface area contributed by atoms with Crippen LogP contribution in [0.2, 0.25) is 5.02 Å². The number of hydrogen-bond donors (Lipinski definition) is 2. The minimum absolute atomic E-state index is 0.0369. The molecule has 3 rings (SSSR count). The van der Waals surface area contributed by atoms with Crippen LogP contribution in [-0.4, -0.2) is 29.3 Å². The van der Waals surface area contributed by atoms with E-state index in [0.717, 1.165) is 6.42 Å². The number of nitrogens with zero attached hydrogens (tertiary/aromatic N) is 2. The Bertz CT molecular complexity index is 680. The van der Waals surface area contributed by atoms with Crippen molar-refractivity contribution in [3.63, 3.8) is 0 Å². The molecule has 1 aromatic heterocycles. The van der Waals surface area contributed by atoms with Gasteiger partial charge in [0, 0.05) is 6.42 Å². The molecule has 0 radical (unpaired) electrons. The van der Waals surface area contributed by atoms with Crippen LogP contribution < -0.4 is 15.8 Å². The van der Waals surface area contributed by atoms with E-state index in [4.69, 9.17) is 26.8 Å². The second kappa shape index (κ2) is 6.33. The molecule has 1 unspecified atom stereocenters. The molecule has 1 aliphatic heterocycles. The number of anilines is 3. The first-order valence-corrected chi connectivity index (χ1v) is 7.09. The normalized spacial score (nSPS) is 17.5. The zero-order valence-electron chi connectivity index (χ0n) is 11.6. The van der Waals surface area contributed by atoms with E-state index in [9.17, 15) is 4.39 Å². The predicted octanol–water partition coefficient (Wildman–Crippen LogP) is 2.76. The topological polar surface area (TPSA) is 82.3 Å². The molecule has 0 amide bonds. The number of nitrogens with two attached hydrogens (primary N) is 1. The molecule has 6 nitrogen and oxygen atoms in total. The second-order valence-electron chi connectivity index (χ2n) is 4.77. The Hall–Kier alpha value is -2.12. The van der Waals surface area contributed by atoms with Gasteiger partial charge in [-0.2, -0.15) is 4.98 Å². The molecule has 0 spiro atoms. The van der Waals surface area contributed by atoms with Gasteiger partial charge in [-0.1, -0.05) is 17.7 Å². The Morgan fingerprint density at radius 1 is 1.45 bits per heavy atom. The van der Waals surface area contributed by atoms with E-state index in [1.807, 2.05) is 0 Å². The van der Waals surface area contributed by atoms with E-state index in [0.29, 0.717) is 19.0 Å². The summed E-state index contributed by atoms with van der Waals surface area (Å²) in [4.78, 5) is 7.72. The average Bonchev–Trinajstić information content (AvgIpc) is 2.99. The number of nitrogens with one attached hydrogen (secondary N) is 1. The van der Waals surface area contributed by atoms with Gasteiger partial charge in [-0.3, -0.25) is 0 Å². The van der Waals surface area contributed by atoms with Crippen molar-refractivity contribution in [3.8, 4) is 5.75 Å². The highest BCUT2D eigenvalue weighted by Crippen LogP contribution is 2.33. The van der Waals surface area contributed by atoms with Gasteiger partial charge < -0.3 is 20.5 Å². The molecule has 116 valence electrons. The number of benzene rings is 1. The molecule has 1 fully saturated rings. The van der Waals surface area contributed by atoms with Gasteiger partial charge >= 0.3 is 0 Å². The van der Waals surface area contributed by atoms with Crippen molar-refractivity contribution in [1.29, 1.82) is 0 Å². The number of halogens is 2. The fraction of sp³-hybridized carbons (Fsp3) is 0.286. The molecule has 0 bridgehead atoms. The highest BCUT2D eigenvalue weighted by atomic mass is 35.5. The summed E-state index contributed by atoms with van der Waals surface area (Å²) in [5, 5.41) is 3.05. The first-order valence-electron chi connectivity index (χ1n) is 6.71. The van der Waals surface area contributed by atoms with Crippen molar-refractivity contribution in [2.24, 2.45) is 0 Å². The molecule has 0 saturated carbocycles. The lowest BCUT2D eigenvalue weighted by Crippen LogP contribution is -2.17. The second-order valence-corrected chi connectivity index (χ2v) is 5.17. The number of hydrogen-bond acceptors (Lipinski definition) is 6. The Kier molecular flexibility index (Phi) is 4.26. The minimum Gasteiger partial charge on any atom is -0.486 e. The number of ether oxygens (including phenoxy) is 2. The van der Waals surface area contributed by atoms with Gasteiger partial charge in [0.2, 0.25) is 5.95 Å². The molecular weight excluding hydrogens is 311 g/mol. The lowest BCUT2D eigenvalue weighted by Gasteiger charge is -2.17. The molecule has 3 N–H and O–H groups in total. The standard InChI is InChI=1S/C14H14ClFN4O2/c15-9-6-18-14(17)20-13(9)19-12-10(16)2-1-3-11(12)22-8-4-5-21-7-8/h1-3,6,8H,4-5,7H2,(H3,17,18,19,20). The monoisotopic (exact) mass is 324 g/mol. The number of aromatic nitrogens is 2. The van der Waals surface area contributed by atoms with Crippen molar-refractivity contribution in [3.05, 3.63) is 35.2 Å². The maximum atomic E-state index is 14.2. The molecule has 1 aromatic carbocycles. The van der Waals surface area contributed by atoms with Crippen LogP contribution in [0.1, 0.15) is 6.42 Å². The van der Waals surface area contributed by atoms with Crippen LogP contribution in [-0.2, 0) is 4.74 Å². The van der Waals surface area contributed by atoms with Gasteiger partial charge in [0.25, 0.3) is 0 Å². The highest BCUT2D eigenvalue weighted by molar-refractivity contribution is 6.32. The summed E-state index contributed by atoms with van der Waals surface area (Å²) < 4.78 is 25.2. The SMILES string of the molecule is Nc1ncc(Cl)c(Nc2c(F)cccc2OC2CCOC2)n1. The van der Waals surface area contributed by atoms with Crippen LogP contribution in [0.25, 0.3) is 0 Å². The number of rotatable bonds is 4. The third-order valence-electron chi connectivity index (χ3n) is 3.16. The average molecular weight is 325 g/mol. The Morgan fingerprint density at radius 2 is 2.32 bits per heavy atom. The number of para-hydroxylation sites is 1. The summed E-state index contributed by atoms with van der Waals surface area (Å²) in [6.07, 6.45) is 2.00. The molecular formula is C14H14ClFN4O2. The lowest BCUT2D eigenvalue weighted by atomic mass is 10.2. The first-order chi connectivity index (χ1) is 10.6. The molecule has 1 saturated heterocycles. The fourth-order valence-electron chi connectivity index (χ4n) is 2.10. The summed E-state index contributed by atoms with van der Waals surface area (Å²) in [5.41, 5.74) is 5.67. The first kappa shape index (κ1) is 14.8. The third kappa shape index (κ3) is 3.20. The van der Waals surface area contributed by atoms with Crippen LogP contribution in [0, 0.1) is 5.82 Å². The zero-order valence-corrected chi connectivity index (χ0v) is 12.3. The summed E-state index contributed by atoms with van der Waals surface area (Å²) in [5.74, 6) is 0.134. The summed E-state index contributed by atoms with van der Waals surface area (Å²) >= 11 is 5.99. The van der Waals surface area contributed by atoms with E-state index in [2.05, 4.69) is 15.3 Å². The maximum absolute atomic E-state index is 14.2. The van der Waals surface area contributed by atoms with E-state index >= 15 is 0 Å². The highest BCUT2D eigenvalue weighted by Gasteiger charge is 2.20. The Balaban J connectivity index is 1.90. The quantitative estimate of drug-likeness (QED) is 0.900. The van der Waals surface area contributed by atoms with Crippen LogP contribution in [0.4, 0.5) is 21.8 Å². The van der Waals surface area contributed by atoms with Crippen LogP contribution in [0.15, 0.2) is 24.4 Å². The van der Waals surface area contributed by atoms with Gasteiger partial charge in [0.05, 0.1) is 19.4 Å². The summed E-state index contributed by atoms with van der Waals surface area (Å²) in [6.45, 7) is 1.12. The van der Waals surface area contributed by atoms with Crippen LogP contribution in [0.5, 0.6) is 5.75 Å². The molecule has 0 aliphatic carbocycles. The van der Waals surface area contributed by atoms with Crippen molar-refractivity contribution < 1.29 is 13.9 Å². The van der Waals surface area contributed by atoms with Gasteiger partial charge in [-0.15, -0.1) is 0 Å². The Morgan fingerprint density at radius 3 is 3.09 bits per heavy atom. The fourth-order valence-corrected chi connectivity index (χ4v) is 2.23. The third-order valence-corrected chi connectivity index (χ3v) is 3.44. The van der Waals surface area contributed by atoms with E-state index < -0.39 is 5.82 Å². The molecule has 22 heavy (non-hydrogen) atoms.